The van der Waals surface area contributed by atoms with Crippen LogP contribution in [0.3, 0.4) is 0 Å². The van der Waals surface area contributed by atoms with Crippen LogP contribution in [0.2, 0.25) is 0 Å². The van der Waals surface area contributed by atoms with E-state index in [1.807, 2.05) is 0 Å². The molecule has 0 bridgehead atoms. The van der Waals surface area contributed by atoms with Crippen LogP contribution in [-0.2, 0) is 0 Å². The van der Waals surface area contributed by atoms with Crippen molar-refractivity contribution >= 4 is 28.9 Å². The predicted molar refractivity (Wildman–Crippen MR) is 71.0 cm³/mol. The quantitative estimate of drug-likeness (QED) is 0.368. The monoisotopic (exact) mass is 291 g/mol. The SMILES string of the molecule is Nc1cc(C(=O)O)ccc1NC(=O)c1[nH]ncc1[N+](=O)[O-]. The van der Waals surface area contributed by atoms with Crippen molar-refractivity contribution in [2.24, 2.45) is 0 Å². The van der Waals surface area contributed by atoms with Gasteiger partial charge in [0.25, 0.3) is 5.91 Å². The molecule has 2 rings (SSSR count). The molecule has 2 aromatic rings. The highest BCUT2D eigenvalue weighted by atomic mass is 16.6. The van der Waals surface area contributed by atoms with E-state index in [0.717, 1.165) is 6.20 Å². The molecule has 0 aliphatic carbocycles. The Bertz CT molecular complexity index is 738. The van der Waals surface area contributed by atoms with Gasteiger partial charge in [-0.3, -0.25) is 20.0 Å². The second kappa shape index (κ2) is 5.28. The van der Waals surface area contributed by atoms with Crippen molar-refractivity contribution in [1.82, 2.24) is 10.2 Å². The van der Waals surface area contributed by atoms with Gasteiger partial charge in [0.05, 0.1) is 21.9 Å². The zero-order valence-corrected chi connectivity index (χ0v) is 10.4. The number of anilines is 2. The van der Waals surface area contributed by atoms with Crippen molar-refractivity contribution in [1.29, 1.82) is 0 Å². The molecule has 5 N–H and O–H groups in total. The van der Waals surface area contributed by atoms with Gasteiger partial charge in [-0.2, -0.15) is 5.10 Å². The van der Waals surface area contributed by atoms with Gasteiger partial charge in [-0.15, -0.1) is 0 Å². The van der Waals surface area contributed by atoms with Crippen LogP contribution in [0.1, 0.15) is 20.8 Å². The molecular weight excluding hydrogens is 282 g/mol. The number of hydrogen-bond donors (Lipinski definition) is 4. The maximum Gasteiger partial charge on any atom is 0.335 e. The van der Waals surface area contributed by atoms with Crippen molar-refractivity contribution in [3.8, 4) is 0 Å². The summed E-state index contributed by atoms with van der Waals surface area (Å²) in [7, 11) is 0. The van der Waals surface area contributed by atoms with Gasteiger partial charge in [-0.1, -0.05) is 0 Å². The molecule has 0 fully saturated rings. The van der Waals surface area contributed by atoms with Crippen molar-refractivity contribution in [3.63, 3.8) is 0 Å². The minimum atomic E-state index is -1.16. The number of carboxylic acid groups (broad SMARTS) is 1. The minimum Gasteiger partial charge on any atom is -0.478 e. The summed E-state index contributed by atoms with van der Waals surface area (Å²) in [5, 5.41) is 27.5. The number of nitro groups is 1. The van der Waals surface area contributed by atoms with Gasteiger partial charge < -0.3 is 16.2 Å². The van der Waals surface area contributed by atoms with E-state index in [1.54, 1.807) is 0 Å². The molecule has 0 radical (unpaired) electrons. The third-order valence-electron chi connectivity index (χ3n) is 2.59. The Morgan fingerprint density at radius 1 is 1.43 bits per heavy atom. The molecule has 21 heavy (non-hydrogen) atoms. The van der Waals surface area contributed by atoms with Gasteiger partial charge in [-0.05, 0) is 18.2 Å². The number of rotatable bonds is 4. The summed E-state index contributed by atoms with van der Waals surface area (Å²) in [4.78, 5) is 32.6. The van der Waals surface area contributed by atoms with Gasteiger partial charge in [0.15, 0.2) is 0 Å². The minimum absolute atomic E-state index is 0.0189. The largest absolute Gasteiger partial charge is 0.478 e. The molecular formula is C11H9N5O5. The highest BCUT2D eigenvalue weighted by molar-refractivity contribution is 6.07. The Balaban J connectivity index is 2.26. The fourth-order valence-corrected chi connectivity index (χ4v) is 1.58. The number of aromatic carboxylic acids is 1. The first-order valence-corrected chi connectivity index (χ1v) is 5.52. The number of carbonyl (C=O) groups excluding carboxylic acids is 1. The maximum absolute atomic E-state index is 11.9. The van der Waals surface area contributed by atoms with Gasteiger partial charge >= 0.3 is 11.7 Å². The number of hydrogen-bond acceptors (Lipinski definition) is 6. The first-order chi connectivity index (χ1) is 9.90. The molecule has 10 nitrogen and oxygen atoms in total. The summed E-state index contributed by atoms with van der Waals surface area (Å²) in [5.74, 6) is -1.97. The summed E-state index contributed by atoms with van der Waals surface area (Å²) < 4.78 is 0. The lowest BCUT2D eigenvalue weighted by molar-refractivity contribution is -0.385. The highest BCUT2D eigenvalue weighted by Gasteiger charge is 2.23. The fourth-order valence-electron chi connectivity index (χ4n) is 1.58. The van der Waals surface area contributed by atoms with Crippen molar-refractivity contribution < 1.29 is 19.6 Å². The summed E-state index contributed by atoms with van der Waals surface area (Å²) in [6, 6.07) is 3.70. The number of benzene rings is 1. The van der Waals surface area contributed by atoms with Gasteiger partial charge in [-0.25, -0.2) is 4.79 Å². The number of aromatic nitrogens is 2. The Morgan fingerprint density at radius 2 is 2.14 bits per heavy atom. The number of nitrogens with zero attached hydrogens (tertiary/aromatic N) is 2. The summed E-state index contributed by atoms with van der Waals surface area (Å²) >= 11 is 0. The maximum atomic E-state index is 11.9. The van der Waals surface area contributed by atoms with Gasteiger partial charge in [0, 0.05) is 0 Å². The molecule has 1 amide bonds. The second-order valence-electron chi connectivity index (χ2n) is 3.95. The van der Waals surface area contributed by atoms with Crippen LogP contribution in [0.15, 0.2) is 24.4 Å². The topological polar surface area (TPSA) is 164 Å². The summed E-state index contributed by atoms with van der Waals surface area (Å²) in [5.41, 5.74) is 4.92. The van der Waals surface area contributed by atoms with Crippen molar-refractivity contribution in [2.75, 3.05) is 11.1 Å². The third-order valence-corrected chi connectivity index (χ3v) is 2.59. The van der Waals surface area contributed by atoms with E-state index in [9.17, 15) is 19.7 Å². The lowest BCUT2D eigenvalue weighted by Crippen LogP contribution is -2.15. The van der Waals surface area contributed by atoms with Crippen molar-refractivity contribution in [3.05, 3.63) is 45.8 Å². The number of nitrogens with two attached hydrogens (primary N) is 1. The Hall–Kier alpha value is -3.43. The molecule has 1 heterocycles. The molecule has 108 valence electrons. The molecule has 0 unspecified atom stereocenters. The number of nitrogen functional groups attached to an aromatic ring is 1. The molecule has 1 aromatic carbocycles. The van der Waals surface area contributed by atoms with Crippen LogP contribution >= 0.6 is 0 Å². The average Bonchev–Trinajstić information content (AvgIpc) is 2.90. The van der Waals surface area contributed by atoms with Crippen LogP contribution < -0.4 is 11.1 Å². The van der Waals surface area contributed by atoms with E-state index >= 15 is 0 Å². The van der Waals surface area contributed by atoms with Crippen LogP contribution in [-0.4, -0.2) is 32.1 Å². The lowest BCUT2D eigenvalue weighted by atomic mass is 10.1. The number of H-pyrrole nitrogens is 1. The Labute approximate surface area is 116 Å². The lowest BCUT2D eigenvalue weighted by Gasteiger charge is -2.07. The smallest absolute Gasteiger partial charge is 0.335 e. The standard InChI is InChI=1S/C11H9N5O5/c12-6-3-5(11(18)19)1-2-7(6)14-10(17)9-8(16(20)21)4-13-15-9/h1-4H,12H2,(H,13,15)(H,14,17)(H,18,19). The number of amides is 1. The third kappa shape index (κ3) is 2.78. The zero-order valence-electron chi connectivity index (χ0n) is 10.4. The van der Waals surface area contributed by atoms with E-state index in [2.05, 4.69) is 15.5 Å². The average molecular weight is 291 g/mol. The van der Waals surface area contributed by atoms with Crippen LogP contribution in [0.5, 0.6) is 0 Å². The molecule has 0 spiro atoms. The first kappa shape index (κ1) is 14.0. The molecule has 0 atom stereocenters. The molecule has 0 saturated carbocycles. The number of carbonyl (C=O) groups is 2. The fraction of sp³-hybridized carbons (Fsp3) is 0. The molecule has 1 aromatic heterocycles. The predicted octanol–water partition coefficient (Wildman–Crippen LogP) is 0.851. The summed E-state index contributed by atoms with van der Waals surface area (Å²) in [6.45, 7) is 0. The van der Waals surface area contributed by atoms with Crippen LogP contribution in [0.4, 0.5) is 17.1 Å². The van der Waals surface area contributed by atoms with E-state index < -0.39 is 22.5 Å². The van der Waals surface area contributed by atoms with E-state index in [-0.39, 0.29) is 22.6 Å². The summed E-state index contributed by atoms with van der Waals surface area (Å²) in [6.07, 6.45) is 0.909. The highest BCUT2D eigenvalue weighted by Crippen LogP contribution is 2.22. The molecule has 0 saturated heterocycles. The second-order valence-corrected chi connectivity index (χ2v) is 3.95. The van der Waals surface area contributed by atoms with Gasteiger partial charge in [0.1, 0.15) is 6.20 Å². The van der Waals surface area contributed by atoms with E-state index in [4.69, 9.17) is 10.8 Å². The number of aromatic amines is 1. The number of carboxylic acids is 1. The Kier molecular flexibility index (Phi) is 3.52. The van der Waals surface area contributed by atoms with Crippen molar-refractivity contribution in [2.45, 2.75) is 0 Å². The normalized spacial score (nSPS) is 10.1. The number of nitrogens with one attached hydrogen (secondary N) is 2. The first-order valence-electron chi connectivity index (χ1n) is 5.52. The van der Waals surface area contributed by atoms with Crippen LogP contribution in [0.25, 0.3) is 0 Å². The van der Waals surface area contributed by atoms with E-state index in [1.165, 1.54) is 18.2 Å². The Morgan fingerprint density at radius 3 is 2.71 bits per heavy atom. The van der Waals surface area contributed by atoms with E-state index in [0.29, 0.717) is 0 Å². The zero-order chi connectivity index (χ0) is 15.6. The molecule has 0 aliphatic rings. The van der Waals surface area contributed by atoms with Crippen LogP contribution in [0, 0.1) is 10.1 Å². The molecule has 0 aliphatic heterocycles. The van der Waals surface area contributed by atoms with Gasteiger partial charge in [0.2, 0.25) is 5.69 Å². The molecule has 10 heteroatoms.